The lowest BCUT2D eigenvalue weighted by molar-refractivity contribution is -0.162. The van der Waals surface area contributed by atoms with E-state index in [1.807, 2.05) is 18.2 Å². The van der Waals surface area contributed by atoms with Gasteiger partial charge in [0.1, 0.15) is 5.60 Å². The van der Waals surface area contributed by atoms with E-state index in [1.54, 1.807) is 20.8 Å². The van der Waals surface area contributed by atoms with Crippen LogP contribution in [0.2, 0.25) is 0 Å². The molecule has 0 aliphatic carbocycles. The molecule has 0 spiro atoms. The number of esters is 2. The summed E-state index contributed by atoms with van der Waals surface area (Å²) >= 11 is 2.76. The zero-order valence-electron chi connectivity index (χ0n) is 16.9. The van der Waals surface area contributed by atoms with Crippen LogP contribution in [0.1, 0.15) is 33.3 Å². The molecule has 1 heterocycles. The molecule has 0 bridgehead atoms. The quantitative estimate of drug-likeness (QED) is 0.396. The average molecular weight is 441 g/mol. The van der Waals surface area contributed by atoms with Gasteiger partial charge in [-0.25, -0.2) is 14.6 Å². The van der Waals surface area contributed by atoms with Gasteiger partial charge < -0.3 is 19.5 Å². The number of carbonyl (C=O) groups is 3. The number of hydrogen-bond acceptors (Lipinski definition) is 9. The first kappa shape index (κ1) is 23.0. The Kier molecular flexibility index (Phi) is 7.86. The fraction of sp³-hybridized carbons (Fsp3) is 0.474. The van der Waals surface area contributed by atoms with Crippen LogP contribution in [0.5, 0.6) is 0 Å². The third-order valence-corrected chi connectivity index (χ3v) is 5.62. The molecule has 2 aromatic rings. The molecule has 1 atom stereocenters. The summed E-state index contributed by atoms with van der Waals surface area (Å²) in [5.41, 5.74) is 1.17. The van der Waals surface area contributed by atoms with Crippen LogP contribution in [-0.2, 0) is 30.3 Å². The summed E-state index contributed by atoms with van der Waals surface area (Å²) in [6.07, 6.45) is -1.46. The molecule has 1 aromatic carbocycles. The minimum atomic E-state index is -0.983. The molecule has 0 radical (unpaired) electrons. The Morgan fingerprint density at radius 2 is 2.00 bits per heavy atom. The zero-order valence-corrected chi connectivity index (χ0v) is 18.6. The lowest BCUT2D eigenvalue weighted by atomic mass is 10.2. The van der Waals surface area contributed by atoms with Crippen molar-refractivity contribution in [3.8, 4) is 0 Å². The van der Waals surface area contributed by atoms with Crippen molar-refractivity contribution in [1.82, 2.24) is 10.3 Å². The van der Waals surface area contributed by atoms with Gasteiger partial charge in [-0.1, -0.05) is 17.8 Å². The van der Waals surface area contributed by atoms with E-state index in [9.17, 15) is 14.4 Å². The SMILES string of the molecule is COC(=O)C(CSc1nc2ccc(CNC(=O)OC(C)(C)C)cc2s1)OC(C)=O. The van der Waals surface area contributed by atoms with Crippen LogP contribution in [0.25, 0.3) is 10.2 Å². The number of carbonyl (C=O) groups excluding carboxylic acids is 3. The lowest BCUT2D eigenvalue weighted by Crippen LogP contribution is -2.32. The number of alkyl carbamates (subject to hydrolysis) is 1. The van der Waals surface area contributed by atoms with E-state index < -0.39 is 29.7 Å². The summed E-state index contributed by atoms with van der Waals surface area (Å²) in [7, 11) is 1.24. The highest BCUT2D eigenvalue weighted by Crippen LogP contribution is 2.31. The standard InChI is InChI=1S/C19H24N2O6S2/c1-11(22)26-14(16(23)25-5)10-28-18-21-13-7-6-12(8-15(13)29-18)9-20-17(24)27-19(2,3)4/h6-8,14H,9-10H2,1-5H3,(H,20,24). The molecule has 1 amide bonds. The third kappa shape index (κ3) is 7.54. The molecule has 1 aromatic heterocycles. The number of aromatic nitrogens is 1. The highest BCUT2D eigenvalue weighted by Gasteiger charge is 2.23. The summed E-state index contributed by atoms with van der Waals surface area (Å²) in [6, 6.07) is 5.69. The number of thiazole rings is 1. The third-order valence-electron chi connectivity index (χ3n) is 3.40. The summed E-state index contributed by atoms with van der Waals surface area (Å²) in [6.45, 7) is 7.00. The molecule has 2 rings (SSSR count). The first-order chi connectivity index (χ1) is 13.6. The maximum atomic E-state index is 11.8. The fourth-order valence-corrected chi connectivity index (χ4v) is 4.37. The van der Waals surface area contributed by atoms with Crippen LogP contribution < -0.4 is 5.32 Å². The van der Waals surface area contributed by atoms with Gasteiger partial charge in [0.25, 0.3) is 0 Å². The number of thioether (sulfide) groups is 1. The number of methoxy groups -OCH3 is 1. The first-order valence-electron chi connectivity index (χ1n) is 8.81. The van der Waals surface area contributed by atoms with Gasteiger partial charge >= 0.3 is 18.0 Å². The molecular weight excluding hydrogens is 416 g/mol. The van der Waals surface area contributed by atoms with Crippen LogP contribution >= 0.6 is 23.1 Å². The second-order valence-corrected chi connectivity index (χ2v) is 9.37. The molecular formula is C19H24N2O6S2. The average Bonchev–Trinajstić information content (AvgIpc) is 3.03. The second kappa shape index (κ2) is 9.93. The van der Waals surface area contributed by atoms with Crippen molar-refractivity contribution in [2.45, 2.75) is 50.3 Å². The van der Waals surface area contributed by atoms with E-state index in [1.165, 1.54) is 37.1 Å². The van der Waals surface area contributed by atoms with Crippen LogP contribution in [-0.4, -0.2) is 47.6 Å². The van der Waals surface area contributed by atoms with Crippen molar-refractivity contribution >= 4 is 51.3 Å². The Morgan fingerprint density at radius 3 is 2.62 bits per heavy atom. The first-order valence-corrected chi connectivity index (χ1v) is 10.6. The van der Waals surface area contributed by atoms with Gasteiger partial charge in [0.15, 0.2) is 4.34 Å². The van der Waals surface area contributed by atoms with E-state index in [-0.39, 0.29) is 5.75 Å². The monoisotopic (exact) mass is 440 g/mol. The summed E-state index contributed by atoms with van der Waals surface area (Å²) in [5.74, 6) is -0.948. The van der Waals surface area contributed by atoms with Crippen LogP contribution in [0, 0.1) is 0 Å². The van der Waals surface area contributed by atoms with Crippen LogP contribution in [0.3, 0.4) is 0 Å². The number of fused-ring (bicyclic) bond motifs is 1. The Labute approximate surface area is 177 Å². The number of amides is 1. The van der Waals surface area contributed by atoms with Crippen LogP contribution in [0.4, 0.5) is 4.79 Å². The van der Waals surface area contributed by atoms with Gasteiger partial charge in [0.05, 0.1) is 17.3 Å². The van der Waals surface area contributed by atoms with Gasteiger partial charge in [0, 0.05) is 19.2 Å². The molecule has 29 heavy (non-hydrogen) atoms. The van der Waals surface area contributed by atoms with Crippen molar-refractivity contribution < 1.29 is 28.6 Å². The topological polar surface area (TPSA) is 104 Å². The number of nitrogens with one attached hydrogen (secondary N) is 1. The molecule has 1 unspecified atom stereocenters. The molecule has 1 N–H and O–H groups in total. The predicted molar refractivity (Wildman–Crippen MR) is 111 cm³/mol. The molecule has 0 fully saturated rings. The molecule has 0 saturated carbocycles. The number of nitrogens with zero attached hydrogens (tertiary/aromatic N) is 1. The lowest BCUT2D eigenvalue weighted by Gasteiger charge is -2.19. The van der Waals surface area contributed by atoms with Crippen LogP contribution in [0.15, 0.2) is 22.5 Å². The molecule has 8 nitrogen and oxygen atoms in total. The largest absolute Gasteiger partial charge is 0.466 e. The highest BCUT2D eigenvalue weighted by atomic mass is 32.2. The molecule has 158 valence electrons. The summed E-state index contributed by atoms with van der Waals surface area (Å²) in [5, 5.41) is 2.72. The van der Waals surface area contributed by atoms with E-state index in [2.05, 4.69) is 15.0 Å². The molecule has 0 aliphatic rings. The van der Waals surface area contributed by atoms with Gasteiger partial charge in [0.2, 0.25) is 6.10 Å². The van der Waals surface area contributed by atoms with Crippen molar-refractivity contribution in [3.05, 3.63) is 23.8 Å². The van der Waals surface area contributed by atoms with Crippen molar-refractivity contribution in [1.29, 1.82) is 0 Å². The van der Waals surface area contributed by atoms with Crippen molar-refractivity contribution in [3.63, 3.8) is 0 Å². The predicted octanol–water partition coefficient (Wildman–Crippen LogP) is 3.52. The summed E-state index contributed by atoms with van der Waals surface area (Å²) < 4.78 is 16.6. The fourth-order valence-electron chi connectivity index (χ4n) is 2.24. The molecule has 0 aliphatic heterocycles. The number of benzene rings is 1. The maximum absolute atomic E-state index is 11.8. The molecule has 10 heteroatoms. The molecule has 0 saturated heterocycles. The van der Waals surface area contributed by atoms with Gasteiger partial charge in [-0.2, -0.15) is 0 Å². The van der Waals surface area contributed by atoms with E-state index in [0.29, 0.717) is 6.54 Å². The summed E-state index contributed by atoms with van der Waals surface area (Å²) in [4.78, 5) is 39.2. The Morgan fingerprint density at radius 1 is 1.28 bits per heavy atom. The normalized spacial score (nSPS) is 12.3. The Balaban J connectivity index is 2.00. The zero-order chi connectivity index (χ0) is 21.6. The van der Waals surface area contributed by atoms with Crippen molar-refractivity contribution in [2.75, 3.05) is 12.9 Å². The maximum Gasteiger partial charge on any atom is 0.407 e. The second-order valence-electron chi connectivity index (χ2n) is 7.07. The Hall–Kier alpha value is -2.33. The Bertz CT molecular complexity index is 890. The van der Waals surface area contributed by atoms with E-state index >= 15 is 0 Å². The highest BCUT2D eigenvalue weighted by molar-refractivity contribution is 8.01. The number of rotatable bonds is 7. The van der Waals surface area contributed by atoms with Crippen molar-refractivity contribution in [2.24, 2.45) is 0 Å². The van der Waals surface area contributed by atoms with Gasteiger partial charge in [-0.3, -0.25) is 4.79 Å². The minimum Gasteiger partial charge on any atom is -0.466 e. The van der Waals surface area contributed by atoms with E-state index in [4.69, 9.17) is 9.47 Å². The van der Waals surface area contributed by atoms with Gasteiger partial charge in [-0.15, -0.1) is 11.3 Å². The number of ether oxygens (including phenoxy) is 3. The minimum absolute atomic E-state index is 0.207. The van der Waals surface area contributed by atoms with E-state index in [0.717, 1.165) is 20.1 Å². The number of hydrogen-bond donors (Lipinski definition) is 1. The van der Waals surface area contributed by atoms with Gasteiger partial charge in [-0.05, 0) is 38.5 Å². The smallest absolute Gasteiger partial charge is 0.407 e.